The quantitative estimate of drug-likeness (QED) is 0.155. The molecule has 2 atom stereocenters. The molecule has 19 heteroatoms. The average Bonchev–Trinajstić information content (AvgIpc) is 3.25. The van der Waals surface area contributed by atoms with Crippen molar-refractivity contribution in [3.05, 3.63) is 47.0 Å². The standard InChI is InChI=1S/C19H18N4O11S4/c24-12(5-9-3-1-2-4-11(9)38(31,32)33)20-14-16(25)23-15(18(26)27)10(6-35-17(14)23)7-36-19-22-21-13(34-19)8-37(28,29)30/h1-4,14,17H,5-8H2,(H,20,24)(H,26,27)(H,28,29,30)(H,31,32,33)/t14?,17-/m1/s1. The zero-order valence-corrected chi connectivity index (χ0v) is 22.1. The Labute approximate surface area is 223 Å². The summed E-state index contributed by atoms with van der Waals surface area (Å²) in [7, 11) is -8.95. The van der Waals surface area contributed by atoms with E-state index < -0.39 is 66.5 Å². The van der Waals surface area contributed by atoms with E-state index in [1.807, 2.05) is 0 Å². The topological polar surface area (TPSA) is 234 Å². The molecule has 1 aromatic carbocycles. The van der Waals surface area contributed by atoms with Gasteiger partial charge in [0.2, 0.25) is 11.8 Å². The summed E-state index contributed by atoms with van der Waals surface area (Å²) < 4.78 is 68.3. The minimum atomic E-state index is -4.57. The number of hydrogen-bond donors (Lipinski definition) is 4. The van der Waals surface area contributed by atoms with Gasteiger partial charge in [0, 0.05) is 11.5 Å². The van der Waals surface area contributed by atoms with Crippen LogP contribution in [0.5, 0.6) is 0 Å². The lowest BCUT2D eigenvalue weighted by atomic mass is 10.0. The highest BCUT2D eigenvalue weighted by Gasteiger charge is 2.54. The van der Waals surface area contributed by atoms with E-state index in [1.165, 1.54) is 30.0 Å². The number of carboxylic acid groups (broad SMARTS) is 1. The van der Waals surface area contributed by atoms with E-state index in [0.717, 1.165) is 22.7 Å². The number of nitrogens with zero attached hydrogens (tertiary/aromatic N) is 3. The molecule has 1 fully saturated rings. The molecule has 1 saturated heterocycles. The Hall–Kier alpha value is -2.97. The van der Waals surface area contributed by atoms with Crippen LogP contribution in [0.4, 0.5) is 0 Å². The summed E-state index contributed by atoms with van der Waals surface area (Å²) in [6.07, 6.45) is -0.440. The van der Waals surface area contributed by atoms with Crippen LogP contribution in [0.3, 0.4) is 0 Å². The van der Waals surface area contributed by atoms with E-state index in [4.69, 9.17) is 8.97 Å². The third-order valence-electron chi connectivity index (χ3n) is 5.29. The van der Waals surface area contributed by atoms with Gasteiger partial charge in [0.25, 0.3) is 31.4 Å². The number of amides is 2. The fourth-order valence-electron chi connectivity index (χ4n) is 3.75. The van der Waals surface area contributed by atoms with Crippen LogP contribution >= 0.6 is 23.5 Å². The Kier molecular flexibility index (Phi) is 7.86. The number of hydrogen-bond acceptors (Lipinski definition) is 12. The van der Waals surface area contributed by atoms with Gasteiger partial charge in [-0.2, -0.15) is 16.8 Å². The number of carbonyl (C=O) groups excluding carboxylic acids is 2. The number of carboxylic acids is 1. The Morgan fingerprint density at radius 2 is 1.89 bits per heavy atom. The van der Waals surface area contributed by atoms with E-state index in [-0.39, 0.29) is 33.9 Å². The Bertz CT molecular complexity index is 1550. The van der Waals surface area contributed by atoms with E-state index in [0.29, 0.717) is 5.57 Å². The van der Waals surface area contributed by atoms with Crippen molar-refractivity contribution in [1.29, 1.82) is 0 Å². The molecule has 0 radical (unpaired) electrons. The Balaban J connectivity index is 1.43. The van der Waals surface area contributed by atoms with Crippen LogP contribution in [0.25, 0.3) is 0 Å². The summed E-state index contributed by atoms with van der Waals surface area (Å²) in [6.45, 7) is 0. The lowest BCUT2D eigenvalue weighted by Crippen LogP contribution is -2.70. The third-order valence-corrected chi connectivity index (χ3v) is 9.10. The van der Waals surface area contributed by atoms with Crippen LogP contribution in [-0.4, -0.2) is 86.8 Å². The van der Waals surface area contributed by atoms with Gasteiger partial charge in [-0.1, -0.05) is 30.0 Å². The van der Waals surface area contributed by atoms with Gasteiger partial charge in [0.05, 0.1) is 11.3 Å². The van der Waals surface area contributed by atoms with Gasteiger partial charge < -0.3 is 14.8 Å². The van der Waals surface area contributed by atoms with Gasteiger partial charge >= 0.3 is 5.97 Å². The summed E-state index contributed by atoms with van der Waals surface area (Å²) in [5.74, 6) is -3.78. The highest BCUT2D eigenvalue weighted by atomic mass is 32.2. The van der Waals surface area contributed by atoms with Gasteiger partial charge in [-0.15, -0.1) is 22.0 Å². The molecule has 204 valence electrons. The van der Waals surface area contributed by atoms with Crippen LogP contribution in [0.15, 0.2) is 50.1 Å². The molecule has 0 bridgehead atoms. The molecule has 4 N–H and O–H groups in total. The number of benzene rings is 1. The van der Waals surface area contributed by atoms with Crippen molar-refractivity contribution < 1.29 is 49.8 Å². The second kappa shape index (κ2) is 10.7. The number of carbonyl (C=O) groups is 3. The average molecular weight is 607 g/mol. The first kappa shape index (κ1) is 28.0. The molecular formula is C19H18N4O11S4. The lowest BCUT2D eigenvalue weighted by molar-refractivity contribution is -0.150. The van der Waals surface area contributed by atoms with E-state index in [2.05, 4.69) is 15.5 Å². The maximum atomic E-state index is 12.8. The van der Waals surface area contributed by atoms with E-state index in [1.54, 1.807) is 0 Å². The highest BCUT2D eigenvalue weighted by molar-refractivity contribution is 8.01. The van der Waals surface area contributed by atoms with Crippen molar-refractivity contribution in [3.8, 4) is 0 Å². The van der Waals surface area contributed by atoms with Crippen LogP contribution < -0.4 is 5.32 Å². The van der Waals surface area contributed by atoms with Gasteiger partial charge in [0.15, 0.2) is 5.75 Å². The van der Waals surface area contributed by atoms with E-state index >= 15 is 0 Å². The van der Waals surface area contributed by atoms with Crippen molar-refractivity contribution in [2.24, 2.45) is 0 Å². The summed E-state index contributed by atoms with van der Waals surface area (Å²) in [4.78, 5) is 38.0. The van der Waals surface area contributed by atoms with Crippen molar-refractivity contribution in [1.82, 2.24) is 20.4 Å². The van der Waals surface area contributed by atoms with E-state index in [9.17, 15) is 40.9 Å². The van der Waals surface area contributed by atoms with Crippen molar-refractivity contribution in [2.75, 3.05) is 11.5 Å². The molecule has 15 nitrogen and oxygen atoms in total. The molecule has 1 unspecified atom stereocenters. The second-order valence-corrected chi connectivity index (χ2v) is 12.8. The number of thioether (sulfide) groups is 2. The fourth-order valence-corrected chi connectivity index (χ4v) is 7.17. The lowest BCUT2D eigenvalue weighted by Gasteiger charge is -2.49. The molecule has 2 aromatic rings. The first-order valence-corrected chi connectivity index (χ1v) is 15.5. The van der Waals surface area contributed by atoms with Gasteiger partial charge in [-0.3, -0.25) is 23.6 Å². The third kappa shape index (κ3) is 6.18. The smallest absolute Gasteiger partial charge is 0.352 e. The zero-order valence-electron chi connectivity index (χ0n) is 18.9. The summed E-state index contributed by atoms with van der Waals surface area (Å²) in [6, 6.07) is 4.30. The minimum absolute atomic E-state index is 0.0160. The number of fused-ring (bicyclic) bond motifs is 1. The number of aromatic nitrogens is 2. The maximum absolute atomic E-state index is 12.8. The van der Waals surface area contributed by atoms with Crippen molar-refractivity contribution in [3.63, 3.8) is 0 Å². The predicted molar refractivity (Wildman–Crippen MR) is 130 cm³/mol. The number of β-lactam (4-membered cyclic amide) rings is 1. The van der Waals surface area contributed by atoms with Crippen LogP contribution in [-0.2, 0) is 46.8 Å². The summed E-state index contributed by atoms with van der Waals surface area (Å²) in [5, 5.41) is 18.6. The van der Waals surface area contributed by atoms with Gasteiger partial charge in [-0.25, -0.2) is 4.79 Å². The Morgan fingerprint density at radius 3 is 2.55 bits per heavy atom. The molecule has 0 aliphatic carbocycles. The Morgan fingerprint density at radius 1 is 1.18 bits per heavy atom. The van der Waals surface area contributed by atoms with Crippen LogP contribution in [0, 0.1) is 0 Å². The first-order chi connectivity index (χ1) is 17.7. The highest BCUT2D eigenvalue weighted by Crippen LogP contribution is 2.41. The molecule has 2 aliphatic heterocycles. The normalized spacial score (nSPS) is 19.6. The monoisotopic (exact) mass is 606 g/mol. The van der Waals surface area contributed by atoms with Crippen LogP contribution in [0.1, 0.15) is 11.5 Å². The molecule has 0 saturated carbocycles. The first-order valence-electron chi connectivity index (χ1n) is 10.4. The fraction of sp³-hybridized carbons (Fsp3) is 0.316. The number of rotatable bonds is 10. The number of aliphatic carboxylic acids is 1. The molecule has 4 rings (SSSR count). The second-order valence-electron chi connectivity index (χ2n) is 7.95. The number of nitrogens with one attached hydrogen (secondary N) is 1. The van der Waals surface area contributed by atoms with Crippen LogP contribution in [0.2, 0.25) is 0 Å². The molecule has 0 spiro atoms. The van der Waals surface area contributed by atoms with Crippen molar-refractivity contribution in [2.45, 2.75) is 33.7 Å². The largest absolute Gasteiger partial charge is 0.477 e. The van der Waals surface area contributed by atoms with Gasteiger partial charge in [-0.05, 0) is 17.2 Å². The zero-order chi connectivity index (χ0) is 27.8. The molecular weight excluding hydrogens is 588 g/mol. The summed E-state index contributed by atoms with van der Waals surface area (Å²) >= 11 is 2.11. The maximum Gasteiger partial charge on any atom is 0.352 e. The SMILES string of the molecule is O=C(Cc1ccccc1S(=O)(=O)O)NC1C(=O)N2C(C(=O)O)=C(CSc3nnc(CS(=O)(=O)O)o3)CS[C@H]12. The molecule has 3 heterocycles. The molecule has 2 aliphatic rings. The molecule has 2 amide bonds. The predicted octanol–water partition coefficient (Wildman–Crippen LogP) is -0.222. The molecule has 1 aromatic heterocycles. The summed E-state index contributed by atoms with van der Waals surface area (Å²) in [5.41, 5.74) is 0.100. The molecule has 38 heavy (non-hydrogen) atoms. The van der Waals surface area contributed by atoms with Crippen molar-refractivity contribution >= 4 is 61.5 Å². The minimum Gasteiger partial charge on any atom is -0.477 e. The van der Waals surface area contributed by atoms with Gasteiger partial charge in [0.1, 0.15) is 17.1 Å².